The number of nitrogens with zero attached hydrogens (tertiary/aromatic N) is 1. The molecule has 0 atom stereocenters. The Kier molecular flexibility index (Phi) is 2.35. The van der Waals surface area contributed by atoms with Gasteiger partial charge in [0.25, 0.3) is 0 Å². The van der Waals surface area contributed by atoms with Crippen LogP contribution in [0.4, 0.5) is 0 Å². The molecule has 0 spiro atoms. The zero-order valence-corrected chi connectivity index (χ0v) is 6.48. The van der Waals surface area contributed by atoms with E-state index in [1.807, 2.05) is 30.5 Å². The number of hydrogen-bond acceptors (Lipinski definition) is 2. The molecule has 1 nitrogen and oxygen atoms in total. The number of hydrogen-bond donors (Lipinski definition) is 0. The van der Waals surface area contributed by atoms with Crippen LogP contribution in [0.15, 0.2) is 29.2 Å². The van der Waals surface area contributed by atoms with Crippen molar-refractivity contribution in [2.45, 2.75) is 4.90 Å². The van der Waals surface area contributed by atoms with Crippen molar-refractivity contribution >= 4 is 11.8 Å². The average Bonchev–Trinajstić information content (AvgIpc) is 2.05. The molecule has 0 unspecified atom stereocenters. The van der Waals surface area contributed by atoms with Gasteiger partial charge in [0.2, 0.25) is 0 Å². The molecule has 0 aliphatic rings. The molecule has 0 saturated carbocycles. The molecule has 0 radical (unpaired) electrons. The van der Waals surface area contributed by atoms with Crippen LogP contribution in [-0.4, -0.2) is 6.26 Å². The Morgan fingerprint density at radius 1 is 1.30 bits per heavy atom. The van der Waals surface area contributed by atoms with E-state index in [9.17, 15) is 0 Å². The van der Waals surface area contributed by atoms with Crippen LogP contribution in [0.5, 0.6) is 0 Å². The molecule has 0 amide bonds. The van der Waals surface area contributed by atoms with E-state index < -0.39 is 0 Å². The molecule has 1 rings (SSSR count). The monoisotopic (exact) mass is 149 g/mol. The Bertz CT molecular complexity index is 245. The molecule has 0 saturated heterocycles. The van der Waals surface area contributed by atoms with E-state index >= 15 is 0 Å². The molecule has 0 aromatic heterocycles. The van der Waals surface area contributed by atoms with Gasteiger partial charge in [-0.25, -0.2) is 0 Å². The van der Waals surface area contributed by atoms with Crippen molar-refractivity contribution in [1.29, 1.82) is 5.26 Å². The fraction of sp³-hybridized carbons (Fsp3) is 0.125. The highest BCUT2D eigenvalue weighted by molar-refractivity contribution is 7.98. The number of nitriles is 1. The predicted octanol–water partition coefficient (Wildman–Crippen LogP) is 2.28. The fourth-order valence-corrected chi connectivity index (χ4v) is 1.07. The van der Waals surface area contributed by atoms with Crippen molar-refractivity contribution in [2.24, 2.45) is 0 Å². The zero-order chi connectivity index (χ0) is 7.40. The molecule has 1 aromatic carbocycles. The highest BCUT2D eigenvalue weighted by Crippen LogP contribution is 2.13. The summed E-state index contributed by atoms with van der Waals surface area (Å²) >= 11 is 1.68. The standard InChI is InChI=1S/C8H7NS/c1-10-8-4-2-7(6-9)3-5-8/h2-5H,1H3. The summed E-state index contributed by atoms with van der Waals surface area (Å²) in [4.78, 5) is 1.19. The molecule has 1 aromatic rings. The van der Waals surface area contributed by atoms with Crippen LogP contribution in [-0.2, 0) is 0 Å². The summed E-state index contributed by atoms with van der Waals surface area (Å²) in [6.45, 7) is 0. The third-order valence-corrected chi connectivity index (χ3v) is 1.96. The second-order valence-electron chi connectivity index (χ2n) is 1.84. The lowest BCUT2D eigenvalue weighted by Gasteiger charge is -1.92. The van der Waals surface area contributed by atoms with Crippen LogP contribution >= 0.6 is 11.8 Å². The second kappa shape index (κ2) is 3.28. The van der Waals surface area contributed by atoms with Crippen LogP contribution in [0.3, 0.4) is 0 Å². The van der Waals surface area contributed by atoms with Crippen molar-refractivity contribution in [3.63, 3.8) is 0 Å². The maximum Gasteiger partial charge on any atom is 0.0991 e. The minimum Gasteiger partial charge on any atom is -0.192 e. The normalized spacial score (nSPS) is 8.80. The molecule has 50 valence electrons. The Balaban J connectivity index is 2.93. The summed E-state index contributed by atoms with van der Waals surface area (Å²) in [5.74, 6) is 0. The summed E-state index contributed by atoms with van der Waals surface area (Å²) in [7, 11) is 0. The smallest absolute Gasteiger partial charge is 0.0991 e. The number of thioether (sulfide) groups is 1. The lowest BCUT2D eigenvalue weighted by atomic mass is 10.2. The summed E-state index contributed by atoms with van der Waals surface area (Å²) in [5.41, 5.74) is 0.720. The maximum atomic E-state index is 8.44. The third-order valence-electron chi connectivity index (χ3n) is 1.22. The minimum absolute atomic E-state index is 0.720. The van der Waals surface area contributed by atoms with E-state index in [-0.39, 0.29) is 0 Å². The van der Waals surface area contributed by atoms with Gasteiger partial charge in [0, 0.05) is 4.90 Å². The van der Waals surface area contributed by atoms with Crippen molar-refractivity contribution in [1.82, 2.24) is 0 Å². The van der Waals surface area contributed by atoms with Crippen LogP contribution in [0.25, 0.3) is 0 Å². The lowest BCUT2D eigenvalue weighted by Crippen LogP contribution is -1.72. The zero-order valence-electron chi connectivity index (χ0n) is 5.66. The molecule has 0 aliphatic heterocycles. The van der Waals surface area contributed by atoms with Gasteiger partial charge in [0.1, 0.15) is 0 Å². The molecule has 0 bridgehead atoms. The first-order chi connectivity index (χ1) is 4.86. The van der Waals surface area contributed by atoms with Crippen LogP contribution < -0.4 is 0 Å². The molecule has 0 aliphatic carbocycles. The lowest BCUT2D eigenvalue weighted by molar-refractivity contribution is 1.42. The van der Waals surface area contributed by atoms with Crippen LogP contribution in [0.2, 0.25) is 0 Å². The van der Waals surface area contributed by atoms with Crippen molar-refractivity contribution in [2.75, 3.05) is 6.26 Å². The van der Waals surface area contributed by atoms with Gasteiger partial charge in [-0.05, 0) is 30.5 Å². The van der Waals surface area contributed by atoms with E-state index in [0.717, 1.165) is 5.56 Å². The summed E-state index contributed by atoms with van der Waals surface area (Å²) in [6.07, 6.45) is 2.02. The Morgan fingerprint density at radius 2 is 1.90 bits per heavy atom. The van der Waals surface area contributed by atoms with Crippen molar-refractivity contribution < 1.29 is 0 Å². The molecular weight excluding hydrogens is 142 g/mol. The van der Waals surface area contributed by atoms with Gasteiger partial charge in [0.05, 0.1) is 11.6 Å². The first-order valence-corrected chi connectivity index (χ1v) is 4.13. The molecule has 10 heavy (non-hydrogen) atoms. The topological polar surface area (TPSA) is 23.8 Å². The van der Waals surface area contributed by atoms with E-state index in [0.29, 0.717) is 0 Å². The minimum atomic E-state index is 0.720. The van der Waals surface area contributed by atoms with Gasteiger partial charge >= 0.3 is 0 Å². The quantitative estimate of drug-likeness (QED) is 0.572. The number of benzene rings is 1. The van der Waals surface area contributed by atoms with Crippen molar-refractivity contribution in [3.8, 4) is 6.07 Å². The highest BCUT2D eigenvalue weighted by atomic mass is 32.2. The van der Waals surface area contributed by atoms with E-state index in [2.05, 4.69) is 6.07 Å². The largest absolute Gasteiger partial charge is 0.192 e. The van der Waals surface area contributed by atoms with Crippen molar-refractivity contribution in [3.05, 3.63) is 29.8 Å². The summed E-state index contributed by atoms with van der Waals surface area (Å²) in [6, 6.07) is 9.61. The third kappa shape index (κ3) is 1.52. The van der Waals surface area contributed by atoms with Gasteiger partial charge in [-0.15, -0.1) is 11.8 Å². The maximum absolute atomic E-state index is 8.44. The molecular formula is C8H7NS. The first-order valence-electron chi connectivity index (χ1n) is 2.91. The SMILES string of the molecule is CSc1ccc(C#N)cc1. The Hall–Kier alpha value is -0.940. The molecule has 0 heterocycles. The summed E-state index contributed by atoms with van der Waals surface area (Å²) < 4.78 is 0. The predicted molar refractivity (Wildman–Crippen MR) is 42.9 cm³/mol. The molecule has 0 fully saturated rings. The van der Waals surface area contributed by atoms with Gasteiger partial charge in [-0.3, -0.25) is 0 Å². The second-order valence-corrected chi connectivity index (χ2v) is 2.72. The molecule has 0 N–H and O–H groups in total. The van der Waals surface area contributed by atoms with E-state index in [1.165, 1.54) is 4.90 Å². The van der Waals surface area contributed by atoms with Crippen LogP contribution in [0.1, 0.15) is 5.56 Å². The van der Waals surface area contributed by atoms with Gasteiger partial charge in [-0.1, -0.05) is 0 Å². The fourth-order valence-electron chi connectivity index (χ4n) is 0.666. The Labute approximate surface area is 64.7 Å². The van der Waals surface area contributed by atoms with Gasteiger partial charge in [-0.2, -0.15) is 5.26 Å². The average molecular weight is 149 g/mol. The Morgan fingerprint density at radius 3 is 2.30 bits per heavy atom. The summed E-state index contributed by atoms with van der Waals surface area (Å²) in [5, 5.41) is 8.44. The highest BCUT2D eigenvalue weighted by Gasteiger charge is 1.88. The molecule has 2 heteroatoms. The number of rotatable bonds is 1. The van der Waals surface area contributed by atoms with Gasteiger partial charge < -0.3 is 0 Å². The van der Waals surface area contributed by atoms with Gasteiger partial charge in [0.15, 0.2) is 0 Å². The van der Waals surface area contributed by atoms with E-state index in [4.69, 9.17) is 5.26 Å². The van der Waals surface area contributed by atoms with Crippen LogP contribution in [0, 0.1) is 11.3 Å². The first kappa shape index (κ1) is 7.17. The van der Waals surface area contributed by atoms with E-state index in [1.54, 1.807) is 11.8 Å².